The number of nitrogens with one attached hydrogen (secondary N) is 2. The summed E-state index contributed by atoms with van der Waals surface area (Å²) >= 11 is 6.38. The highest BCUT2D eigenvalue weighted by Gasteiger charge is 2.26. The van der Waals surface area contributed by atoms with Crippen LogP contribution < -0.4 is 15.5 Å². The zero-order valence-corrected chi connectivity index (χ0v) is 24.8. The minimum atomic E-state index is -3.67. The molecule has 4 heterocycles. The summed E-state index contributed by atoms with van der Waals surface area (Å²) in [5.74, 6) is 1.59. The van der Waals surface area contributed by atoms with Gasteiger partial charge in [-0.25, -0.2) is 22.7 Å². The number of piperidine rings is 2. The maximum atomic E-state index is 12.8. The van der Waals surface area contributed by atoms with Gasteiger partial charge in [-0.2, -0.15) is 4.98 Å². The van der Waals surface area contributed by atoms with Crippen LogP contribution in [0, 0.1) is 6.92 Å². The van der Waals surface area contributed by atoms with Gasteiger partial charge in [0.1, 0.15) is 15.7 Å². The van der Waals surface area contributed by atoms with Crippen molar-refractivity contribution >= 4 is 50.6 Å². The minimum absolute atomic E-state index is 0.125. The number of aryl methyl sites for hydroxylation is 1. The minimum Gasteiger partial charge on any atom is -0.356 e. The van der Waals surface area contributed by atoms with Crippen molar-refractivity contribution in [2.75, 3.05) is 55.8 Å². The van der Waals surface area contributed by atoms with E-state index in [1.54, 1.807) is 24.3 Å². The number of likely N-dealkylation sites (tertiary alicyclic amines) is 1. The van der Waals surface area contributed by atoms with Gasteiger partial charge in [-0.05, 0) is 70.0 Å². The van der Waals surface area contributed by atoms with Crippen LogP contribution in [0.5, 0.6) is 0 Å². The van der Waals surface area contributed by atoms with Gasteiger partial charge in [0.2, 0.25) is 16.0 Å². The molecule has 40 heavy (non-hydrogen) atoms. The average molecular weight is 585 g/mol. The molecule has 2 N–H and O–H groups in total. The second-order valence-electron chi connectivity index (χ2n) is 10.5. The molecule has 214 valence electrons. The number of pyridine rings is 1. The lowest BCUT2D eigenvalue weighted by molar-refractivity contribution is 0.141. The molecule has 3 aromatic rings. The van der Waals surface area contributed by atoms with Crippen molar-refractivity contribution in [3.63, 3.8) is 0 Å². The molecule has 0 saturated carbocycles. The van der Waals surface area contributed by atoms with Crippen molar-refractivity contribution in [3.05, 3.63) is 53.3 Å². The molecule has 0 spiro atoms. The van der Waals surface area contributed by atoms with Crippen LogP contribution >= 0.6 is 11.6 Å². The Morgan fingerprint density at radius 2 is 1.65 bits per heavy atom. The highest BCUT2D eigenvalue weighted by molar-refractivity contribution is 7.89. The fourth-order valence-corrected chi connectivity index (χ4v) is 6.53. The molecule has 2 aliphatic heterocycles. The molecule has 0 radical (unpaired) electrons. The van der Waals surface area contributed by atoms with Crippen LogP contribution in [-0.4, -0.2) is 78.9 Å². The van der Waals surface area contributed by atoms with Crippen LogP contribution in [0.3, 0.4) is 0 Å². The fraction of sp³-hybridized carbons (Fsp3) is 0.464. The number of halogens is 1. The molecular weight excluding hydrogens is 548 g/mol. The normalized spacial score (nSPS) is 17.3. The number of nitrogens with zero attached hydrogens (tertiary/aromatic N) is 6. The van der Waals surface area contributed by atoms with Crippen molar-refractivity contribution in [1.82, 2.24) is 24.2 Å². The Balaban J connectivity index is 1.27. The number of hydrogen-bond donors (Lipinski definition) is 2. The molecule has 0 bridgehead atoms. The lowest BCUT2D eigenvalue weighted by Gasteiger charge is -2.40. The zero-order valence-electron chi connectivity index (χ0n) is 23.3. The van der Waals surface area contributed by atoms with Gasteiger partial charge in [0.05, 0.1) is 23.3 Å². The third kappa shape index (κ3) is 6.33. The smallest absolute Gasteiger partial charge is 0.244 e. The quantitative estimate of drug-likeness (QED) is 0.377. The first-order valence-electron chi connectivity index (χ1n) is 13.8. The van der Waals surface area contributed by atoms with Gasteiger partial charge in [-0.15, -0.1) is 0 Å². The van der Waals surface area contributed by atoms with Crippen LogP contribution in [0.25, 0.3) is 0 Å². The highest BCUT2D eigenvalue weighted by Crippen LogP contribution is 2.31. The van der Waals surface area contributed by atoms with Gasteiger partial charge >= 0.3 is 0 Å². The van der Waals surface area contributed by atoms with E-state index in [2.05, 4.69) is 30.4 Å². The summed E-state index contributed by atoms with van der Waals surface area (Å²) in [4.78, 5) is 18.9. The van der Waals surface area contributed by atoms with Crippen molar-refractivity contribution in [2.45, 2.75) is 50.0 Å². The molecule has 2 aromatic heterocycles. The Morgan fingerprint density at radius 1 is 0.925 bits per heavy atom. The number of rotatable bonds is 8. The van der Waals surface area contributed by atoms with Gasteiger partial charge in [-0.1, -0.05) is 30.2 Å². The first kappa shape index (κ1) is 28.5. The van der Waals surface area contributed by atoms with Gasteiger partial charge in [0.25, 0.3) is 0 Å². The molecule has 0 atom stereocenters. The summed E-state index contributed by atoms with van der Waals surface area (Å²) in [6, 6.07) is 11.4. The Kier molecular flexibility index (Phi) is 8.74. The van der Waals surface area contributed by atoms with E-state index in [9.17, 15) is 8.42 Å². The van der Waals surface area contributed by atoms with E-state index in [4.69, 9.17) is 16.6 Å². The van der Waals surface area contributed by atoms with Crippen molar-refractivity contribution < 1.29 is 8.42 Å². The van der Waals surface area contributed by atoms with Crippen LogP contribution in [0.15, 0.2) is 47.5 Å². The summed E-state index contributed by atoms with van der Waals surface area (Å²) in [5.41, 5.74) is 2.00. The molecule has 2 saturated heterocycles. The van der Waals surface area contributed by atoms with E-state index in [1.165, 1.54) is 69.8 Å². The average Bonchev–Trinajstić information content (AvgIpc) is 2.96. The van der Waals surface area contributed by atoms with E-state index in [0.29, 0.717) is 23.5 Å². The van der Waals surface area contributed by atoms with E-state index in [1.807, 2.05) is 19.1 Å². The van der Waals surface area contributed by atoms with E-state index < -0.39 is 10.0 Å². The molecule has 2 fully saturated rings. The predicted molar refractivity (Wildman–Crippen MR) is 161 cm³/mol. The van der Waals surface area contributed by atoms with E-state index >= 15 is 0 Å². The second kappa shape index (κ2) is 12.3. The number of hydrogen-bond acceptors (Lipinski definition) is 9. The SMILES string of the molecule is Cc1nc(N2CCC(N3CCCCC3)CC2)ccc1Nc1ncc(Cl)c(Nc2ccccc2S(=O)(=O)N(C)C)n1. The Morgan fingerprint density at radius 3 is 2.35 bits per heavy atom. The molecule has 0 aliphatic carbocycles. The van der Waals surface area contributed by atoms with Crippen molar-refractivity contribution in [2.24, 2.45) is 0 Å². The highest BCUT2D eigenvalue weighted by atomic mass is 35.5. The van der Waals surface area contributed by atoms with Gasteiger partial charge in [-0.3, -0.25) is 0 Å². The molecule has 12 heteroatoms. The van der Waals surface area contributed by atoms with E-state index in [0.717, 1.165) is 30.3 Å². The molecule has 0 unspecified atom stereocenters. The summed E-state index contributed by atoms with van der Waals surface area (Å²) in [7, 11) is -0.691. The molecule has 10 nitrogen and oxygen atoms in total. The van der Waals surface area contributed by atoms with Crippen molar-refractivity contribution in [3.8, 4) is 0 Å². The molecule has 2 aliphatic rings. The fourth-order valence-electron chi connectivity index (χ4n) is 5.35. The number of sulfonamides is 1. The zero-order chi connectivity index (χ0) is 28.3. The third-order valence-electron chi connectivity index (χ3n) is 7.66. The van der Waals surface area contributed by atoms with E-state index in [-0.39, 0.29) is 9.92 Å². The largest absolute Gasteiger partial charge is 0.356 e. The van der Waals surface area contributed by atoms with Crippen LogP contribution in [-0.2, 0) is 10.0 Å². The first-order chi connectivity index (χ1) is 19.2. The van der Waals surface area contributed by atoms with Gasteiger partial charge in [0.15, 0.2) is 5.82 Å². The van der Waals surface area contributed by atoms with Gasteiger partial charge in [0, 0.05) is 33.2 Å². The molecule has 5 rings (SSSR count). The van der Waals surface area contributed by atoms with Crippen LogP contribution in [0.4, 0.5) is 29.0 Å². The topological polar surface area (TPSA) is 107 Å². The van der Waals surface area contributed by atoms with Gasteiger partial charge < -0.3 is 20.4 Å². The summed E-state index contributed by atoms with van der Waals surface area (Å²) in [6.45, 7) is 6.48. The summed E-state index contributed by atoms with van der Waals surface area (Å²) in [6.07, 6.45) is 7.85. The molecule has 0 amide bonds. The van der Waals surface area contributed by atoms with Crippen molar-refractivity contribution in [1.29, 1.82) is 0 Å². The maximum Gasteiger partial charge on any atom is 0.244 e. The lowest BCUT2D eigenvalue weighted by atomic mass is 10.00. The Labute approximate surface area is 241 Å². The standard InChI is InChI=1S/C28H37ClN8O2S/c1-20-23(11-12-26(31-20)37-17-13-21(14-18-37)36-15-7-4-8-16-36)33-28-30-19-22(29)27(34-28)32-24-9-5-6-10-25(24)40(38,39)35(2)3/h5-6,9-12,19,21H,4,7-8,13-18H2,1-3H3,(H2,30,32,33,34). The number of benzene rings is 1. The maximum absolute atomic E-state index is 12.8. The predicted octanol–water partition coefficient (Wildman–Crippen LogP) is 5.03. The lowest BCUT2D eigenvalue weighted by Crippen LogP contribution is -2.46. The Hall–Kier alpha value is -2.99. The second-order valence-corrected chi connectivity index (χ2v) is 13.1. The summed E-state index contributed by atoms with van der Waals surface area (Å²) in [5, 5.41) is 6.57. The molecule has 1 aromatic carbocycles. The number of aromatic nitrogens is 3. The number of para-hydroxylation sites is 1. The summed E-state index contributed by atoms with van der Waals surface area (Å²) < 4.78 is 26.8. The number of anilines is 5. The third-order valence-corrected chi connectivity index (χ3v) is 9.81. The Bertz CT molecular complexity index is 1440. The van der Waals surface area contributed by atoms with Crippen LogP contribution in [0.1, 0.15) is 37.8 Å². The molecular formula is C28H37ClN8O2S. The first-order valence-corrected chi connectivity index (χ1v) is 15.6. The monoisotopic (exact) mass is 584 g/mol. The van der Waals surface area contributed by atoms with Crippen LogP contribution in [0.2, 0.25) is 5.02 Å².